The summed E-state index contributed by atoms with van der Waals surface area (Å²) in [5, 5.41) is 17.0. The highest BCUT2D eigenvalue weighted by Gasteiger charge is 2.21. The largest absolute Gasteiger partial charge is 0.450 e. The van der Waals surface area contributed by atoms with E-state index < -0.39 is 22.8 Å². The zero-order chi connectivity index (χ0) is 19.3. The molecule has 0 unspecified atom stereocenters. The van der Waals surface area contributed by atoms with Crippen LogP contribution in [0, 0.1) is 10.1 Å². The van der Waals surface area contributed by atoms with Gasteiger partial charge in [0.05, 0.1) is 27.7 Å². The standard InChI is InChI=1S/C15H12ClN3O6S/c1-2-25-15(22)18-12(20)9-5-6-26-14(9)17-13(21)10-7-8(19(23)24)3-4-11(10)16/h3-7H,2H2,1H3,(H,17,21)(H,18,20,22). The van der Waals surface area contributed by atoms with Gasteiger partial charge in [-0.1, -0.05) is 11.6 Å². The summed E-state index contributed by atoms with van der Waals surface area (Å²) in [6, 6.07) is 4.84. The topological polar surface area (TPSA) is 128 Å². The van der Waals surface area contributed by atoms with E-state index in [2.05, 4.69) is 10.1 Å². The summed E-state index contributed by atoms with van der Waals surface area (Å²) < 4.78 is 4.62. The number of anilines is 1. The molecule has 0 radical (unpaired) electrons. The van der Waals surface area contributed by atoms with Gasteiger partial charge in [-0.3, -0.25) is 25.0 Å². The molecule has 26 heavy (non-hydrogen) atoms. The predicted octanol–water partition coefficient (Wildman–Crippen LogP) is 3.45. The van der Waals surface area contributed by atoms with Crippen molar-refractivity contribution < 1.29 is 24.0 Å². The number of thiophene rings is 1. The third kappa shape index (κ3) is 4.55. The van der Waals surface area contributed by atoms with Gasteiger partial charge in [0.25, 0.3) is 17.5 Å². The molecule has 2 aromatic rings. The predicted molar refractivity (Wildman–Crippen MR) is 94.9 cm³/mol. The van der Waals surface area contributed by atoms with E-state index in [9.17, 15) is 24.5 Å². The van der Waals surface area contributed by atoms with Gasteiger partial charge in [0.1, 0.15) is 5.00 Å². The summed E-state index contributed by atoms with van der Waals surface area (Å²) in [6.45, 7) is 1.68. The Morgan fingerprint density at radius 3 is 2.62 bits per heavy atom. The smallest absolute Gasteiger partial charge is 0.414 e. The van der Waals surface area contributed by atoms with Gasteiger partial charge in [-0.2, -0.15) is 0 Å². The maximum absolute atomic E-state index is 12.4. The second-order valence-corrected chi connectivity index (χ2v) is 6.04. The Morgan fingerprint density at radius 1 is 1.23 bits per heavy atom. The van der Waals surface area contributed by atoms with Crippen LogP contribution in [0.4, 0.5) is 15.5 Å². The number of halogens is 1. The number of benzene rings is 1. The molecule has 11 heteroatoms. The molecule has 136 valence electrons. The Balaban J connectivity index is 2.20. The van der Waals surface area contributed by atoms with Crippen molar-refractivity contribution in [3.05, 3.63) is 55.9 Å². The lowest BCUT2D eigenvalue weighted by Gasteiger charge is -2.08. The normalized spacial score (nSPS) is 10.1. The minimum absolute atomic E-state index is 0.0159. The second-order valence-electron chi connectivity index (χ2n) is 4.71. The lowest BCUT2D eigenvalue weighted by atomic mass is 10.2. The first-order valence-electron chi connectivity index (χ1n) is 7.14. The molecule has 0 aliphatic rings. The molecule has 1 aromatic heterocycles. The number of amides is 3. The van der Waals surface area contributed by atoms with E-state index in [1.54, 1.807) is 6.92 Å². The molecule has 2 N–H and O–H groups in total. The van der Waals surface area contributed by atoms with E-state index in [1.165, 1.54) is 23.6 Å². The summed E-state index contributed by atoms with van der Waals surface area (Å²) in [5.41, 5.74) is -0.380. The number of ether oxygens (including phenoxy) is 1. The van der Waals surface area contributed by atoms with Crippen molar-refractivity contribution in [2.45, 2.75) is 6.92 Å². The Hall–Kier alpha value is -2.98. The Labute approximate surface area is 156 Å². The van der Waals surface area contributed by atoms with Crippen LogP contribution in [0.1, 0.15) is 27.6 Å². The fourth-order valence-electron chi connectivity index (χ4n) is 1.88. The summed E-state index contributed by atoms with van der Waals surface area (Å²) in [5.74, 6) is -1.49. The first kappa shape index (κ1) is 19.3. The molecule has 0 bridgehead atoms. The van der Waals surface area contributed by atoms with Crippen molar-refractivity contribution in [2.75, 3.05) is 11.9 Å². The molecule has 3 amide bonds. The van der Waals surface area contributed by atoms with Crippen LogP contribution in [0.2, 0.25) is 5.02 Å². The molecule has 9 nitrogen and oxygen atoms in total. The van der Waals surface area contributed by atoms with Crippen LogP contribution in [0.15, 0.2) is 29.6 Å². The minimum atomic E-state index is -0.914. The number of nitrogens with one attached hydrogen (secondary N) is 2. The molecular weight excluding hydrogens is 386 g/mol. The zero-order valence-corrected chi connectivity index (χ0v) is 14.8. The minimum Gasteiger partial charge on any atom is -0.450 e. The number of hydrogen-bond acceptors (Lipinski definition) is 7. The van der Waals surface area contributed by atoms with E-state index in [1.807, 2.05) is 5.32 Å². The van der Waals surface area contributed by atoms with Gasteiger partial charge in [0.2, 0.25) is 0 Å². The molecule has 0 aliphatic heterocycles. The molecule has 2 rings (SSSR count). The SMILES string of the molecule is CCOC(=O)NC(=O)c1ccsc1NC(=O)c1cc([N+](=O)[O-])ccc1Cl. The van der Waals surface area contributed by atoms with Gasteiger partial charge >= 0.3 is 6.09 Å². The highest BCUT2D eigenvalue weighted by atomic mass is 35.5. The Kier molecular flexibility index (Phi) is 6.26. The fourth-order valence-corrected chi connectivity index (χ4v) is 2.87. The number of alkyl carbamates (subject to hydrolysis) is 1. The van der Waals surface area contributed by atoms with E-state index in [0.29, 0.717) is 0 Å². The number of rotatable bonds is 5. The molecule has 0 spiro atoms. The molecular formula is C15H12ClN3O6S. The average molecular weight is 398 g/mol. The quantitative estimate of drug-likeness (QED) is 0.587. The average Bonchev–Trinajstić information content (AvgIpc) is 3.03. The van der Waals surface area contributed by atoms with Crippen LogP contribution >= 0.6 is 22.9 Å². The summed E-state index contributed by atoms with van der Waals surface area (Å²) in [4.78, 5) is 46.0. The van der Waals surface area contributed by atoms with Gasteiger partial charge in [0.15, 0.2) is 0 Å². The maximum Gasteiger partial charge on any atom is 0.414 e. The number of imide groups is 1. The van der Waals surface area contributed by atoms with Crippen LogP contribution < -0.4 is 10.6 Å². The van der Waals surface area contributed by atoms with Gasteiger partial charge in [-0.15, -0.1) is 11.3 Å². The van der Waals surface area contributed by atoms with Crippen LogP contribution in [-0.4, -0.2) is 29.4 Å². The number of nitrogens with zero attached hydrogens (tertiary/aromatic N) is 1. The molecule has 1 aromatic carbocycles. The molecule has 0 fully saturated rings. The van der Waals surface area contributed by atoms with Crippen molar-refractivity contribution in [3.63, 3.8) is 0 Å². The number of non-ortho nitro benzene ring substituents is 1. The van der Waals surface area contributed by atoms with Crippen molar-refractivity contribution in [1.29, 1.82) is 0 Å². The van der Waals surface area contributed by atoms with Crippen molar-refractivity contribution in [3.8, 4) is 0 Å². The van der Waals surface area contributed by atoms with E-state index in [-0.39, 0.29) is 33.4 Å². The highest BCUT2D eigenvalue weighted by molar-refractivity contribution is 7.14. The number of carbonyl (C=O) groups is 3. The monoisotopic (exact) mass is 397 g/mol. The van der Waals surface area contributed by atoms with E-state index in [4.69, 9.17) is 11.6 Å². The van der Waals surface area contributed by atoms with Crippen LogP contribution in [0.25, 0.3) is 0 Å². The third-order valence-electron chi connectivity index (χ3n) is 3.03. The fraction of sp³-hybridized carbons (Fsp3) is 0.133. The lowest BCUT2D eigenvalue weighted by Crippen LogP contribution is -2.31. The maximum atomic E-state index is 12.4. The van der Waals surface area contributed by atoms with Crippen molar-refractivity contribution >= 4 is 51.5 Å². The van der Waals surface area contributed by atoms with E-state index >= 15 is 0 Å². The van der Waals surface area contributed by atoms with Crippen molar-refractivity contribution in [1.82, 2.24) is 5.32 Å². The first-order valence-corrected chi connectivity index (χ1v) is 8.40. The number of nitro benzene ring substituents is 1. The van der Waals surface area contributed by atoms with Crippen molar-refractivity contribution in [2.24, 2.45) is 0 Å². The first-order chi connectivity index (χ1) is 12.3. The van der Waals surface area contributed by atoms with Crippen LogP contribution in [0.5, 0.6) is 0 Å². The second kappa shape index (κ2) is 8.41. The van der Waals surface area contributed by atoms with Gasteiger partial charge in [0, 0.05) is 12.1 Å². The number of carbonyl (C=O) groups excluding carboxylic acids is 3. The van der Waals surface area contributed by atoms with Gasteiger partial charge < -0.3 is 10.1 Å². The molecule has 0 atom stereocenters. The third-order valence-corrected chi connectivity index (χ3v) is 4.19. The Morgan fingerprint density at radius 2 is 1.96 bits per heavy atom. The van der Waals surface area contributed by atoms with E-state index in [0.717, 1.165) is 17.4 Å². The highest BCUT2D eigenvalue weighted by Crippen LogP contribution is 2.27. The molecule has 0 saturated heterocycles. The van der Waals surface area contributed by atoms with Gasteiger partial charge in [-0.25, -0.2) is 4.79 Å². The van der Waals surface area contributed by atoms with Crippen LogP contribution in [0.3, 0.4) is 0 Å². The number of nitro groups is 1. The summed E-state index contributed by atoms with van der Waals surface area (Å²) >= 11 is 6.96. The van der Waals surface area contributed by atoms with Crippen LogP contribution in [-0.2, 0) is 4.74 Å². The Bertz CT molecular complexity index is 882. The van der Waals surface area contributed by atoms with Gasteiger partial charge in [-0.05, 0) is 24.4 Å². The number of hydrogen-bond donors (Lipinski definition) is 2. The summed E-state index contributed by atoms with van der Waals surface area (Å²) in [7, 11) is 0. The summed E-state index contributed by atoms with van der Waals surface area (Å²) in [6.07, 6.45) is -0.914. The molecule has 0 saturated carbocycles. The zero-order valence-electron chi connectivity index (χ0n) is 13.3. The molecule has 1 heterocycles. The lowest BCUT2D eigenvalue weighted by molar-refractivity contribution is -0.384. The molecule has 0 aliphatic carbocycles.